The van der Waals surface area contributed by atoms with Gasteiger partial charge in [0, 0.05) is 24.3 Å². The highest BCUT2D eigenvalue weighted by atomic mass is 16.5. The van der Waals surface area contributed by atoms with Crippen LogP contribution in [0.1, 0.15) is 53.3 Å². The molecule has 0 bridgehead atoms. The first-order valence-electron chi connectivity index (χ1n) is 12.0. The normalized spacial score (nSPS) is 14.7. The number of unbranched alkanes of at least 4 members (excludes halogenated alkanes) is 2. The van der Waals surface area contributed by atoms with E-state index in [1.807, 2.05) is 0 Å². The molecule has 0 radical (unpaired) electrons. The fourth-order valence-corrected chi connectivity index (χ4v) is 3.75. The van der Waals surface area contributed by atoms with Crippen molar-refractivity contribution in [1.82, 2.24) is 0 Å². The SMILES string of the molecule is CCCCCOC(=O)c1ccc(N2C[C@@H](C(=O)OCC(=O)Nc3ccc(C(=O)OC)cc3)CC2=O)cc1. The number of hydrogen-bond donors (Lipinski definition) is 1. The fourth-order valence-electron chi connectivity index (χ4n) is 3.75. The predicted octanol–water partition coefficient (Wildman–Crippen LogP) is 3.36. The number of anilines is 2. The highest BCUT2D eigenvalue weighted by molar-refractivity contribution is 6.00. The molecule has 0 aromatic heterocycles. The van der Waals surface area contributed by atoms with Crippen LogP contribution in [0.5, 0.6) is 0 Å². The van der Waals surface area contributed by atoms with Crippen LogP contribution in [0.4, 0.5) is 11.4 Å². The summed E-state index contributed by atoms with van der Waals surface area (Å²) in [6.45, 7) is 2.02. The molecule has 1 saturated heterocycles. The molecule has 2 aromatic rings. The molecule has 1 atom stereocenters. The second-order valence-corrected chi connectivity index (χ2v) is 8.52. The van der Waals surface area contributed by atoms with Crippen molar-refractivity contribution in [3.05, 3.63) is 59.7 Å². The summed E-state index contributed by atoms with van der Waals surface area (Å²) in [5.74, 6) is -3.11. The van der Waals surface area contributed by atoms with Crippen molar-refractivity contribution in [2.24, 2.45) is 5.92 Å². The molecule has 1 N–H and O–H groups in total. The van der Waals surface area contributed by atoms with Gasteiger partial charge in [0.25, 0.3) is 5.91 Å². The highest BCUT2D eigenvalue weighted by Crippen LogP contribution is 2.26. The zero-order valence-electron chi connectivity index (χ0n) is 20.9. The Morgan fingerprint density at radius 1 is 0.919 bits per heavy atom. The molecule has 3 rings (SSSR count). The minimum Gasteiger partial charge on any atom is -0.465 e. The van der Waals surface area contributed by atoms with Crippen LogP contribution in [0, 0.1) is 5.92 Å². The number of carbonyl (C=O) groups excluding carboxylic acids is 5. The van der Waals surface area contributed by atoms with Crippen LogP contribution in [0.25, 0.3) is 0 Å². The van der Waals surface area contributed by atoms with Crippen molar-refractivity contribution in [2.45, 2.75) is 32.6 Å². The zero-order valence-corrected chi connectivity index (χ0v) is 20.9. The van der Waals surface area contributed by atoms with E-state index in [-0.39, 0.29) is 18.9 Å². The van der Waals surface area contributed by atoms with Crippen LogP contribution in [-0.2, 0) is 28.6 Å². The number of ether oxygens (including phenoxy) is 3. The van der Waals surface area contributed by atoms with Crippen LogP contribution in [-0.4, -0.2) is 56.6 Å². The number of nitrogens with zero attached hydrogens (tertiary/aromatic N) is 1. The third-order valence-corrected chi connectivity index (χ3v) is 5.79. The summed E-state index contributed by atoms with van der Waals surface area (Å²) in [5.41, 5.74) is 1.69. The molecule has 0 unspecified atom stereocenters. The van der Waals surface area contributed by atoms with Crippen molar-refractivity contribution >= 4 is 41.1 Å². The van der Waals surface area contributed by atoms with E-state index in [1.165, 1.54) is 36.3 Å². The average Bonchev–Trinajstić information content (AvgIpc) is 3.31. The van der Waals surface area contributed by atoms with Crippen LogP contribution >= 0.6 is 0 Å². The molecule has 196 valence electrons. The Balaban J connectivity index is 1.47. The molecule has 10 heteroatoms. The van der Waals surface area contributed by atoms with E-state index in [0.29, 0.717) is 29.1 Å². The van der Waals surface area contributed by atoms with Gasteiger partial charge in [-0.3, -0.25) is 14.4 Å². The van der Waals surface area contributed by atoms with Gasteiger partial charge < -0.3 is 24.4 Å². The lowest BCUT2D eigenvalue weighted by Crippen LogP contribution is -2.28. The van der Waals surface area contributed by atoms with Crippen molar-refractivity contribution in [3.8, 4) is 0 Å². The maximum Gasteiger partial charge on any atom is 0.338 e. The monoisotopic (exact) mass is 510 g/mol. The van der Waals surface area contributed by atoms with Gasteiger partial charge in [0.2, 0.25) is 5.91 Å². The van der Waals surface area contributed by atoms with Gasteiger partial charge >= 0.3 is 17.9 Å². The highest BCUT2D eigenvalue weighted by Gasteiger charge is 2.36. The maximum atomic E-state index is 12.5. The number of methoxy groups -OCH3 is 1. The standard InChI is InChI=1S/C27H30N2O8/c1-3-4-5-14-36-26(33)19-8-12-22(13-9-19)29-16-20(15-24(29)31)27(34)37-17-23(30)28-21-10-6-18(7-11-21)25(32)35-2/h6-13,20H,3-5,14-17H2,1-2H3,(H,28,30)/t20-/m0/s1. The van der Waals surface area contributed by atoms with Crippen molar-refractivity contribution in [2.75, 3.05) is 37.1 Å². The first-order valence-corrected chi connectivity index (χ1v) is 12.0. The van der Waals surface area contributed by atoms with Gasteiger partial charge in [-0.15, -0.1) is 0 Å². The number of rotatable bonds is 11. The molecule has 1 fully saturated rings. The van der Waals surface area contributed by atoms with Gasteiger partial charge in [-0.05, 0) is 55.0 Å². The van der Waals surface area contributed by atoms with E-state index in [1.54, 1.807) is 24.3 Å². The van der Waals surface area contributed by atoms with E-state index in [0.717, 1.165) is 19.3 Å². The number of esters is 3. The molecule has 37 heavy (non-hydrogen) atoms. The summed E-state index contributed by atoms with van der Waals surface area (Å²) in [5, 5.41) is 2.57. The molecule has 2 aromatic carbocycles. The summed E-state index contributed by atoms with van der Waals surface area (Å²) in [4.78, 5) is 62.2. The molecule has 10 nitrogen and oxygen atoms in total. The largest absolute Gasteiger partial charge is 0.465 e. The topological polar surface area (TPSA) is 128 Å². The molecule has 1 aliphatic rings. The van der Waals surface area contributed by atoms with Gasteiger partial charge in [0.1, 0.15) is 0 Å². The van der Waals surface area contributed by atoms with Crippen molar-refractivity contribution < 1.29 is 38.2 Å². The van der Waals surface area contributed by atoms with Gasteiger partial charge in [-0.25, -0.2) is 9.59 Å². The third-order valence-electron chi connectivity index (χ3n) is 5.79. The van der Waals surface area contributed by atoms with Gasteiger partial charge in [-0.2, -0.15) is 0 Å². The van der Waals surface area contributed by atoms with Crippen molar-refractivity contribution in [1.29, 1.82) is 0 Å². The predicted molar refractivity (Wildman–Crippen MR) is 134 cm³/mol. The van der Waals surface area contributed by atoms with Gasteiger partial charge in [0.05, 0.1) is 30.8 Å². The average molecular weight is 511 g/mol. The molecule has 1 heterocycles. The number of nitrogens with one attached hydrogen (secondary N) is 1. The summed E-state index contributed by atoms with van der Waals surface area (Å²) in [6.07, 6.45) is 2.79. The first-order chi connectivity index (χ1) is 17.8. The van der Waals surface area contributed by atoms with E-state index < -0.39 is 36.3 Å². The fraction of sp³-hybridized carbons (Fsp3) is 0.370. The molecule has 0 saturated carbocycles. The number of benzene rings is 2. The molecular weight excluding hydrogens is 480 g/mol. The third kappa shape index (κ3) is 7.63. The molecule has 1 aliphatic heterocycles. The lowest BCUT2D eigenvalue weighted by molar-refractivity contribution is -0.151. The van der Waals surface area contributed by atoms with Crippen molar-refractivity contribution in [3.63, 3.8) is 0 Å². The first kappa shape index (κ1) is 27.4. The lowest BCUT2D eigenvalue weighted by atomic mass is 10.1. The van der Waals surface area contributed by atoms with Crippen LogP contribution in [0.3, 0.4) is 0 Å². The smallest absolute Gasteiger partial charge is 0.338 e. The molecular formula is C27H30N2O8. The van der Waals surface area contributed by atoms with Crippen LogP contribution in [0.2, 0.25) is 0 Å². The molecule has 0 spiro atoms. The van der Waals surface area contributed by atoms with Gasteiger partial charge in [-0.1, -0.05) is 19.8 Å². The Morgan fingerprint density at radius 3 is 2.22 bits per heavy atom. The number of hydrogen-bond acceptors (Lipinski definition) is 8. The second-order valence-electron chi connectivity index (χ2n) is 8.52. The quantitative estimate of drug-likeness (QED) is 0.277. The number of carbonyl (C=O) groups is 5. The van der Waals surface area contributed by atoms with Crippen LogP contribution in [0.15, 0.2) is 48.5 Å². The number of amides is 2. The Labute approximate surface area is 214 Å². The second kappa shape index (κ2) is 13.2. The molecule has 0 aliphatic carbocycles. The Morgan fingerprint density at radius 2 is 1.57 bits per heavy atom. The van der Waals surface area contributed by atoms with E-state index in [4.69, 9.17) is 9.47 Å². The maximum absolute atomic E-state index is 12.5. The van der Waals surface area contributed by atoms with E-state index in [9.17, 15) is 24.0 Å². The minimum atomic E-state index is -0.720. The summed E-state index contributed by atoms with van der Waals surface area (Å²) >= 11 is 0. The summed E-state index contributed by atoms with van der Waals surface area (Å²) in [6, 6.07) is 12.5. The summed E-state index contributed by atoms with van der Waals surface area (Å²) in [7, 11) is 1.27. The minimum absolute atomic E-state index is 0.0450. The van der Waals surface area contributed by atoms with E-state index in [2.05, 4.69) is 17.0 Å². The zero-order chi connectivity index (χ0) is 26.8. The molecule has 2 amide bonds. The lowest BCUT2D eigenvalue weighted by Gasteiger charge is -2.17. The van der Waals surface area contributed by atoms with Crippen LogP contribution < -0.4 is 10.2 Å². The summed E-state index contributed by atoms with van der Waals surface area (Å²) < 4.78 is 15.0. The Hall–Kier alpha value is -4.21. The van der Waals surface area contributed by atoms with E-state index >= 15 is 0 Å². The Kier molecular flexibility index (Phi) is 9.76. The van der Waals surface area contributed by atoms with Gasteiger partial charge in [0.15, 0.2) is 6.61 Å². The Bertz CT molecular complexity index is 1130.